The van der Waals surface area contributed by atoms with E-state index in [0.29, 0.717) is 65.7 Å². The number of benzene rings is 1. The minimum atomic E-state index is -0.694. The molecule has 0 atom stereocenters. The van der Waals surface area contributed by atoms with Crippen molar-refractivity contribution in [1.82, 2.24) is 10.3 Å². The summed E-state index contributed by atoms with van der Waals surface area (Å²) in [5.74, 6) is 0.651. The van der Waals surface area contributed by atoms with Gasteiger partial charge in [0.1, 0.15) is 23.7 Å². The zero-order chi connectivity index (χ0) is 23.3. The van der Waals surface area contributed by atoms with E-state index in [1.165, 1.54) is 11.3 Å². The number of carbonyl (C=O) groups is 1. The third-order valence-corrected chi connectivity index (χ3v) is 6.68. The number of aromatic nitrogens is 1. The van der Waals surface area contributed by atoms with Crippen molar-refractivity contribution < 1.29 is 23.8 Å². The summed E-state index contributed by atoms with van der Waals surface area (Å²) in [7, 11) is 0. The number of aliphatic hydroxyl groups excluding tert-OH is 1. The first-order valence-corrected chi connectivity index (χ1v) is 11.9. The molecule has 0 aliphatic carbocycles. The van der Waals surface area contributed by atoms with E-state index in [1.54, 1.807) is 24.6 Å². The fraction of sp³-hybridized carbons (Fsp3) is 0.478. The number of aryl methyl sites for hydroxylation is 2. The molecule has 1 aliphatic heterocycles. The van der Waals surface area contributed by atoms with Gasteiger partial charge in [0.05, 0.1) is 38.8 Å². The summed E-state index contributed by atoms with van der Waals surface area (Å²) >= 11 is 7.90. The van der Waals surface area contributed by atoms with Crippen molar-refractivity contribution in [3.63, 3.8) is 0 Å². The largest absolute Gasteiger partial charge is 0.486 e. The Hall–Kier alpha value is -2.13. The van der Waals surface area contributed by atoms with Crippen LogP contribution in [-0.2, 0) is 11.3 Å². The number of amides is 1. The van der Waals surface area contributed by atoms with Gasteiger partial charge in [-0.05, 0) is 32.8 Å². The van der Waals surface area contributed by atoms with Gasteiger partial charge in [0.15, 0.2) is 0 Å². The van der Waals surface area contributed by atoms with Crippen molar-refractivity contribution in [2.24, 2.45) is 0 Å². The van der Waals surface area contributed by atoms with Crippen LogP contribution in [0.1, 0.15) is 53.4 Å². The summed E-state index contributed by atoms with van der Waals surface area (Å²) in [4.78, 5) is 18.4. The monoisotopic (exact) mass is 480 g/mol. The number of hydrogen-bond acceptors (Lipinski definition) is 7. The SMILES string of the molecule is CC.Cc1ncsc1COc1cc2c(C(=O)NC3(CO)CCOCC3)c(C)oc2cc1Cl. The van der Waals surface area contributed by atoms with Crippen LogP contribution in [0.2, 0.25) is 5.02 Å². The van der Waals surface area contributed by atoms with Gasteiger partial charge in [0.25, 0.3) is 5.91 Å². The molecule has 0 spiro atoms. The van der Waals surface area contributed by atoms with E-state index in [0.717, 1.165) is 10.6 Å². The summed E-state index contributed by atoms with van der Waals surface area (Å²) in [5, 5.41) is 13.9. The molecule has 1 aliphatic rings. The lowest BCUT2D eigenvalue weighted by atomic mass is 9.90. The maximum atomic E-state index is 13.2. The Morgan fingerprint density at radius 2 is 2.03 bits per heavy atom. The quantitative estimate of drug-likeness (QED) is 0.513. The first-order valence-electron chi connectivity index (χ1n) is 10.7. The number of hydrogen-bond donors (Lipinski definition) is 2. The third-order valence-electron chi connectivity index (χ3n) is 5.48. The predicted molar refractivity (Wildman–Crippen MR) is 126 cm³/mol. The lowest BCUT2D eigenvalue weighted by Crippen LogP contribution is -2.54. The van der Waals surface area contributed by atoms with Crippen molar-refractivity contribution >= 4 is 39.8 Å². The van der Waals surface area contributed by atoms with E-state index >= 15 is 0 Å². The molecule has 4 rings (SSSR count). The molecule has 32 heavy (non-hydrogen) atoms. The van der Waals surface area contributed by atoms with Crippen molar-refractivity contribution in [2.45, 2.75) is 52.7 Å². The minimum Gasteiger partial charge on any atom is -0.486 e. The zero-order valence-electron chi connectivity index (χ0n) is 18.8. The van der Waals surface area contributed by atoms with Gasteiger partial charge in [0.2, 0.25) is 0 Å². The van der Waals surface area contributed by atoms with Gasteiger partial charge in [-0.15, -0.1) is 11.3 Å². The van der Waals surface area contributed by atoms with E-state index in [1.807, 2.05) is 20.8 Å². The highest BCUT2D eigenvalue weighted by molar-refractivity contribution is 7.09. The van der Waals surface area contributed by atoms with E-state index in [-0.39, 0.29) is 12.5 Å². The predicted octanol–water partition coefficient (Wildman–Crippen LogP) is 5.04. The molecule has 0 radical (unpaired) electrons. The van der Waals surface area contributed by atoms with Crippen LogP contribution in [0.3, 0.4) is 0 Å². The van der Waals surface area contributed by atoms with E-state index in [4.69, 9.17) is 25.5 Å². The summed E-state index contributed by atoms with van der Waals surface area (Å²) < 4.78 is 17.1. The fourth-order valence-corrected chi connectivity index (χ4v) is 4.51. The maximum Gasteiger partial charge on any atom is 0.255 e. The lowest BCUT2D eigenvalue weighted by molar-refractivity contribution is 0.0125. The number of aliphatic hydroxyl groups is 1. The molecular formula is C23H29ClN2O5S. The standard InChI is InChI=1S/C21H23ClN2O5S.C2H6/c1-12-18(30-11-23-12)9-28-17-7-14-16(8-15(17)22)29-13(2)19(14)20(26)24-21(10-25)3-5-27-6-4-21;1-2/h7-8,11,25H,3-6,9-10H2,1-2H3,(H,24,26);1-2H3. The summed E-state index contributed by atoms with van der Waals surface area (Å²) in [6, 6.07) is 3.39. The molecule has 1 saturated heterocycles. The highest BCUT2D eigenvalue weighted by atomic mass is 35.5. The van der Waals surface area contributed by atoms with Crippen LogP contribution < -0.4 is 10.1 Å². The highest BCUT2D eigenvalue weighted by Gasteiger charge is 2.35. The molecule has 1 aromatic carbocycles. The Morgan fingerprint density at radius 3 is 2.66 bits per heavy atom. The zero-order valence-corrected chi connectivity index (χ0v) is 20.4. The van der Waals surface area contributed by atoms with Gasteiger partial charge in [-0.1, -0.05) is 25.4 Å². The van der Waals surface area contributed by atoms with Gasteiger partial charge in [-0.3, -0.25) is 4.79 Å². The van der Waals surface area contributed by atoms with Gasteiger partial charge >= 0.3 is 0 Å². The maximum absolute atomic E-state index is 13.2. The topological polar surface area (TPSA) is 93.8 Å². The Balaban J connectivity index is 0.00000141. The van der Waals surface area contributed by atoms with Crippen LogP contribution in [0, 0.1) is 13.8 Å². The van der Waals surface area contributed by atoms with Gasteiger partial charge < -0.3 is 24.3 Å². The highest BCUT2D eigenvalue weighted by Crippen LogP contribution is 2.36. The smallest absolute Gasteiger partial charge is 0.255 e. The number of nitrogens with one attached hydrogen (secondary N) is 1. The number of ether oxygens (including phenoxy) is 2. The summed E-state index contributed by atoms with van der Waals surface area (Å²) in [6.07, 6.45) is 1.11. The van der Waals surface area contributed by atoms with Crippen LogP contribution in [0.4, 0.5) is 0 Å². The molecule has 3 heterocycles. The molecule has 0 unspecified atom stereocenters. The number of carbonyl (C=O) groups excluding carboxylic acids is 1. The number of rotatable bonds is 6. The van der Waals surface area contributed by atoms with E-state index in [2.05, 4.69) is 10.3 Å². The molecule has 2 aromatic heterocycles. The number of halogens is 1. The third kappa shape index (κ3) is 5.09. The molecule has 2 N–H and O–H groups in total. The average molecular weight is 481 g/mol. The van der Waals surface area contributed by atoms with Crippen LogP contribution in [0.5, 0.6) is 5.75 Å². The summed E-state index contributed by atoms with van der Waals surface area (Å²) in [5.41, 5.74) is 2.92. The second-order valence-electron chi connectivity index (χ2n) is 7.47. The second kappa shape index (κ2) is 10.7. The molecule has 0 saturated carbocycles. The molecule has 1 amide bonds. The number of furan rings is 1. The molecule has 1 fully saturated rings. The van der Waals surface area contributed by atoms with Gasteiger partial charge in [-0.25, -0.2) is 4.98 Å². The van der Waals surface area contributed by atoms with Gasteiger partial charge in [-0.2, -0.15) is 0 Å². The number of fused-ring (bicyclic) bond motifs is 1. The Morgan fingerprint density at radius 1 is 1.31 bits per heavy atom. The molecule has 174 valence electrons. The van der Waals surface area contributed by atoms with Crippen LogP contribution in [-0.4, -0.2) is 41.4 Å². The van der Waals surface area contributed by atoms with E-state index in [9.17, 15) is 9.90 Å². The Labute approximate surface area is 196 Å². The fourth-order valence-electron chi connectivity index (χ4n) is 3.61. The number of nitrogens with zero attached hydrogens (tertiary/aromatic N) is 1. The van der Waals surface area contributed by atoms with Gasteiger partial charge in [0, 0.05) is 24.7 Å². The molecule has 3 aromatic rings. The van der Waals surface area contributed by atoms with E-state index < -0.39 is 5.54 Å². The average Bonchev–Trinajstić information content (AvgIpc) is 3.35. The lowest BCUT2D eigenvalue weighted by Gasteiger charge is -2.36. The van der Waals surface area contributed by atoms with Crippen molar-refractivity contribution in [2.75, 3.05) is 19.8 Å². The normalized spacial score (nSPS) is 15.2. The van der Waals surface area contributed by atoms with Crippen molar-refractivity contribution in [1.29, 1.82) is 0 Å². The molecule has 9 heteroatoms. The molecular weight excluding hydrogens is 452 g/mol. The number of thiazole rings is 1. The van der Waals surface area contributed by atoms with Crippen LogP contribution in [0.15, 0.2) is 22.1 Å². The Bertz CT molecular complexity index is 1070. The second-order valence-corrected chi connectivity index (χ2v) is 8.81. The first kappa shape index (κ1) is 24.5. The van der Waals surface area contributed by atoms with Crippen molar-refractivity contribution in [3.05, 3.63) is 44.6 Å². The van der Waals surface area contributed by atoms with Crippen molar-refractivity contribution in [3.8, 4) is 5.75 Å². The molecule has 7 nitrogen and oxygen atoms in total. The van der Waals surface area contributed by atoms with Crippen LogP contribution >= 0.6 is 22.9 Å². The Kier molecular flexibility index (Phi) is 8.16. The summed E-state index contributed by atoms with van der Waals surface area (Å²) in [6.45, 7) is 8.85. The first-order chi connectivity index (χ1) is 15.4. The molecule has 0 bridgehead atoms. The van der Waals surface area contributed by atoms with Crippen LogP contribution in [0.25, 0.3) is 11.0 Å². The minimum absolute atomic E-state index is 0.147.